The Bertz CT molecular complexity index is 572. The van der Waals surface area contributed by atoms with E-state index in [1.165, 1.54) is 30.6 Å². The van der Waals surface area contributed by atoms with Crippen molar-refractivity contribution in [2.75, 3.05) is 0 Å². The van der Waals surface area contributed by atoms with Gasteiger partial charge < -0.3 is 9.52 Å². The van der Waals surface area contributed by atoms with Gasteiger partial charge in [-0.2, -0.15) is 0 Å². The molecule has 22 heavy (non-hydrogen) atoms. The van der Waals surface area contributed by atoms with Crippen molar-refractivity contribution in [2.24, 2.45) is 28.6 Å². The van der Waals surface area contributed by atoms with Crippen LogP contribution in [-0.4, -0.2) is 11.2 Å². The van der Waals surface area contributed by atoms with Gasteiger partial charge >= 0.3 is 0 Å². The maximum atomic E-state index is 11.0. The van der Waals surface area contributed by atoms with Crippen LogP contribution in [0.1, 0.15) is 70.6 Å². The molecule has 3 aliphatic carbocycles. The average molecular weight is 302 g/mol. The van der Waals surface area contributed by atoms with Crippen LogP contribution in [-0.2, 0) is 6.42 Å². The maximum absolute atomic E-state index is 11.0. The lowest BCUT2D eigenvalue weighted by molar-refractivity contribution is -0.152. The molecule has 0 aliphatic heterocycles. The van der Waals surface area contributed by atoms with E-state index in [2.05, 4.69) is 33.8 Å². The van der Waals surface area contributed by atoms with E-state index >= 15 is 0 Å². The lowest BCUT2D eigenvalue weighted by Gasteiger charge is -2.62. The van der Waals surface area contributed by atoms with Crippen LogP contribution in [0.15, 0.2) is 16.7 Å². The SMILES string of the molecule is C[C@H]1c2ccoc2C[C@H]2[C@H]1[C@@H](O)C[C@@H]1C(C)(C)CCC[C@@]12C. The van der Waals surface area contributed by atoms with E-state index < -0.39 is 0 Å². The molecule has 0 saturated heterocycles. The monoisotopic (exact) mass is 302 g/mol. The molecule has 122 valence electrons. The number of hydrogen-bond acceptors (Lipinski definition) is 2. The van der Waals surface area contributed by atoms with Gasteiger partial charge in [0.2, 0.25) is 0 Å². The summed E-state index contributed by atoms with van der Waals surface area (Å²) in [6.45, 7) is 9.66. The van der Waals surface area contributed by atoms with E-state index in [1.807, 2.05) is 6.26 Å². The third-order valence-electron chi connectivity index (χ3n) is 7.76. The van der Waals surface area contributed by atoms with Crippen molar-refractivity contribution in [3.05, 3.63) is 23.7 Å². The normalized spacial score (nSPS) is 46.5. The minimum Gasteiger partial charge on any atom is -0.469 e. The molecule has 6 atom stereocenters. The van der Waals surface area contributed by atoms with Crippen LogP contribution >= 0.6 is 0 Å². The summed E-state index contributed by atoms with van der Waals surface area (Å²) in [7, 11) is 0. The fourth-order valence-electron chi connectivity index (χ4n) is 6.68. The molecule has 0 radical (unpaired) electrons. The largest absolute Gasteiger partial charge is 0.469 e. The molecule has 1 aromatic rings. The lowest BCUT2D eigenvalue weighted by atomic mass is 9.43. The van der Waals surface area contributed by atoms with Gasteiger partial charge in [0.05, 0.1) is 12.4 Å². The molecule has 0 unspecified atom stereocenters. The minimum absolute atomic E-state index is 0.154. The van der Waals surface area contributed by atoms with Crippen LogP contribution in [0.5, 0.6) is 0 Å². The van der Waals surface area contributed by atoms with Gasteiger partial charge in [0, 0.05) is 6.42 Å². The molecule has 1 heterocycles. The summed E-state index contributed by atoms with van der Waals surface area (Å²) >= 11 is 0. The Morgan fingerprint density at radius 2 is 2.00 bits per heavy atom. The second-order valence-electron chi connectivity index (χ2n) is 9.18. The van der Waals surface area contributed by atoms with Gasteiger partial charge in [-0.3, -0.25) is 0 Å². The number of aliphatic hydroxyl groups is 1. The Kier molecular flexibility index (Phi) is 3.11. The lowest BCUT2D eigenvalue weighted by Crippen LogP contribution is -2.58. The van der Waals surface area contributed by atoms with E-state index in [9.17, 15) is 5.11 Å². The Labute approximate surface area is 134 Å². The minimum atomic E-state index is -0.154. The summed E-state index contributed by atoms with van der Waals surface area (Å²) < 4.78 is 5.81. The Morgan fingerprint density at radius 3 is 2.77 bits per heavy atom. The Balaban J connectivity index is 1.79. The van der Waals surface area contributed by atoms with Gasteiger partial charge in [-0.05, 0) is 65.4 Å². The number of aliphatic hydroxyl groups excluding tert-OH is 1. The highest BCUT2D eigenvalue weighted by atomic mass is 16.3. The number of furan rings is 1. The second kappa shape index (κ2) is 4.63. The summed E-state index contributed by atoms with van der Waals surface area (Å²) in [5.41, 5.74) is 2.05. The van der Waals surface area contributed by atoms with Crippen molar-refractivity contribution in [3.8, 4) is 0 Å². The fourth-order valence-corrected chi connectivity index (χ4v) is 6.68. The van der Waals surface area contributed by atoms with Gasteiger partial charge in [0.1, 0.15) is 5.76 Å². The van der Waals surface area contributed by atoms with Crippen LogP contribution < -0.4 is 0 Å². The molecule has 1 N–H and O–H groups in total. The van der Waals surface area contributed by atoms with E-state index in [0.717, 1.165) is 12.8 Å². The second-order valence-corrected chi connectivity index (χ2v) is 9.18. The fraction of sp³-hybridized carbons (Fsp3) is 0.800. The third-order valence-corrected chi connectivity index (χ3v) is 7.76. The molecule has 2 saturated carbocycles. The zero-order chi connectivity index (χ0) is 15.7. The predicted octanol–water partition coefficient (Wildman–Crippen LogP) is 4.77. The van der Waals surface area contributed by atoms with Crippen molar-refractivity contribution in [3.63, 3.8) is 0 Å². The molecule has 1 aromatic heterocycles. The summed E-state index contributed by atoms with van der Waals surface area (Å²) in [6.07, 6.45) is 7.66. The molecular formula is C20H30O2. The number of hydrogen-bond donors (Lipinski definition) is 1. The molecule has 0 amide bonds. The van der Waals surface area contributed by atoms with E-state index in [1.54, 1.807) is 0 Å². The van der Waals surface area contributed by atoms with E-state index in [-0.39, 0.29) is 6.10 Å². The quantitative estimate of drug-likeness (QED) is 0.749. The highest BCUT2D eigenvalue weighted by Gasteiger charge is 2.59. The predicted molar refractivity (Wildman–Crippen MR) is 87.7 cm³/mol. The molecule has 2 heteroatoms. The van der Waals surface area contributed by atoms with Gasteiger partial charge in [-0.15, -0.1) is 0 Å². The summed E-state index contributed by atoms with van der Waals surface area (Å²) in [6, 6.07) is 2.13. The van der Waals surface area contributed by atoms with Crippen molar-refractivity contribution in [2.45, 2.75) is 71.8 Å². The molecule has 3 aliphatic rings. The molecule has 2 nitrogen and oxygen atoms in total. The third kappa shape index (κ3) is 1.82. The van der Waals surface area contributed by atoms with Crippen molar-refractivity contribution in [1.82, 2.24) is 0 Å². The van der Waals surface area contributed by atoms with Crippen LogP contribution in [0.2, 0.25) is 0 Å². The van der Waals surface area contributed by atoms with E-state index in [0.29, 0.717) is 34.5 Å². The van der Waals surface area contributed by atoms with Crippen molar-refractivity contribution in [1.29, 1.82) is 0 Å². The average Bonchev–Trinajstić information content (AvgIpc) is 2.90. The van der Waals surface area contributed by atoms with E-state index in [4.69, 9.17) is 4.42 Å². The maximum Gasteiger partial charge on any atom is 0.107 e. The Hall–Kier alpha value is -0.760. The first-order valence-electron chi connectivity index (χ1n) is 9.09. The van der Waals surface area contributed by atoms with Crippen molar-refractivity contribution >= 4 is 0 Å². The van der Waals surface area contributed by atoms with Gasteiger partial charge in [0.15, 0.2) is 0 Å². The first kappa shape index (κ1) is 14.8. The van der Waals surface area contributed by atoms with Gasteiger partial charge in [-0.1, -0.05) is 34.1 Å². The summed E-state index contributed by atoms with van der Waals surface area (Å²) in [5, 5.41) is 11.0. The summed E-state index contributed by atoms with van der Waals surface area (Å²) in [5.74, 6) is 3.21. The highest BCUT2D eigenvalue weighted by Crippen LogP contribution is 2.64. The standard InChI is InChI=1S/C20H30O2/c1-12-13-6-9-22-16(13)10-14-18(12)15(21)11-17-19(2,3)7-5-8-20(14,17)4/h6,9,12,14-15,17-18,21H,5,7-8,10-11H2,1-4H3/t12-,14-,15-,17+,18-,20+/m0/s1. The molecule has 4 rings (SSSR count). The van der Waals surface area contributed by atoms with Gasteiger partial charge in [-0.25, -0.2) is 0 Å². The first-order chi connectivity index (χ1) is 10.3. The molecule has 2 fully saturated rings. The smallest absolute Gasteiger partial charge is 0.107 e. The molecular weight excluding hydrogens is 272 g/mol. The molecule has 0 aromatic carbocycles. The molecule has 0 spiro atoms. The van der Waals surface area contributed by atoms with Crippen molar-refractivity contribution < 1.29 is 9.52 Å². The van der Waals surface area contributed by atoms with Crippen LogP contribution in [0.25, 0.3) is 0 Å². The number of rotatable bonds is 0. The zero-order valence-corrected chi connectivity index (χ0v) is 14.4. The molecule has 0 bridgehead atoms. The summed E-state index contributed by atoms with van der Waals surface area (Å²) in [4.78, 5) is 0. The first-order valence-corrected chi connectivity index (χ1v) is 9.09. The number of fused-ring (bicyclic) bond motifs is 4. The zero-order valence-electron chi connectivity index (χ0n) is 14.4. The van der Waals surface area contributed by atoms with Crippen LogP contribution in [0.3, 0.4) is 0 Å². The van der Waals surface area contributed by atoms with Crippen LogP contribution in [0, 0.1) is 28.6 Å². The van der Waals surface area contributed by atoms with Gasteiger partial charge in [0.25, 0.3) is 0 Å². The Morgan fingerprint density at radius 1 is 1.23 bits per heavy atom. The van der Waals surface area contributed by atoms with Crippen LogP contribution in [0.4, 0.5) is 0 Å². The highest BCUT2D eigenvalue weighted by molar-refractivity contribution is 5.29. The topological polar surface area (TPSA) is 33.4 Å².